The number of hydrogen-bond donors (Lipinski definition) is 1. The largest absolute Gasteiger partial charge is 0.483 e. The van der Waals surface area contributed by atoms with Gasteiger partial charge in [-0.05, 0) is 42.2 Å². The summed E-state index contributed by atoms with van der Waals surface area (Å²) >= 11 is 0. The number of ketones is 1. The number of amides is 1. The summed E-state index contributed by atoms with van der Waals surface area (Å²) in [7, 11) is 0. The zero-order chi connectivity index (χ0) is 18.3. The Kier molecular flexibility index (Phi) is 4.03. The number of carbonyl (C=O) groups excluding carboxylic acids is 2. The molecule has 0 bridgehead atoms. The summed E-state index contributed by atoms with van der Waals surface area (Å²) in [6.07, 6.45) is 0.486. The second-order valence-electron chi connectivity index (χ2n) is 6.60. The molecule has 0 unspecified atom stereocenters. The van der Waals surface area contributed by atoms with Gasteiger partial charge >= 0.3 is 0 Å². The van der Waals surface area contributed by atoms with E-state index in [2.05, 4.69) is 5.32 Å². The van der Waals surface area contributed by atoms with Gasteiger partial charge in [-0.1, -0.05) is 13.0 Å². The molecule has 134 valence electrons. The Balaban J connectivity index is 1.45. The molecule has 0 radical (unpaired) electrons. The van der Waals surface area contributed by atoms with E-state index < -0.39 is 0 Å². The van der Waals surface area contributed by atoms with Gasteiger partial charge in [0.15, 0.2) is 23.9 Å². The molecule has 1 N–H and O–H groups in total. The fourth-order valence-electron chi connectivity index (χ4n) is 3.54. The fraction of sp³-hybridized carbons (Fsp3) is 0.300. The SMILES string of the molecule is Cc1ccc(OCC(=O)Nc2ccc3c(c2)OCO3)c2c1[C@H](C)CC2=O. The van der Waals surface area contributed by atoms with Gasteiger partial charge in [0.2, 0.25) is 6.79 Å². The molecule has 2 aliphatic rings. The summed E-state index contributed by atoms with van der Waals surface area (Å²) in [5.74, 6) is 1.67. The van der Waals surface area contributed by atoms with E-state index in [0.717, 1.165) is 11.1 Å². The number of carbonyl (C=O) groups is 2. The quantitative estimate of drug-likeness (QED) is 0.911. The highest BCUT2D eigenvalue weighted by atomic mass is 16.7. The first-order valence-electron chi connectivity index (χ1n) is 8.52. The van der Waals surface area contributed by atoms with Gasteiger partial charge in [0.25, 0.3) is 5.91 Å². The average molecular weight is 353 g/mol. The lowest BCUT2D eigenvalue weighted by atomic mass is 9.97. The third-order valence-electron chi connectivity index (χ3n) is 4.70. The highest BCUT2D eigenvalue weighted by Crippen LogP contribution is 2.40. The van der Waals surface area contributed by atoms with E-state index in [9.17, 15) is 9.59 Å². The van der Waals surface area contributed by atoms with Crippen LogP contribution in [0.5, 0.6) is 17.2 Å². The van der Waals surface area contributed by atoms with Crippen molar-refractivity contribution in [2.45, 2.75) is 26.2 Å². The molecular weight excluding hydrogens is 334 g/mol. The van der Waals surface area contributed by atoms with Gasteiger partial charge in [-0.15, -0.1) is 0 Å². The smallest absolute Gasteiger partial charge is 0.262 e. The van der Waals surface area contributed by atoms with Crippen molar-refractivity contribution in [3.8, 4) is 17.2 Å². The summed E-state index contributed by atoms with van der Waals surface area (Å²) in [6, 6.07) is 8.87. The van der Waals surface area contributed by atoms with Crippen LogP contribution in [0.2, 0.25) is 0 Å². The Hall–Kier alpha value is -3.02. The minimum absolute atomic E-state index is 0.0716. The molecule has 0 saturated heterocycles. The molecule has 2 aromatic rings. The van der Waals surface area contributed by atoms with Crippen molar-refractivity contribution in [3.63, 3.8) is 0 Å². The van der Waals surface area contributed by atoms with Crippen LogP contribution in [0.25, 0.3) is 0 Å². The first-order valence-corrected chi connectivity index (χ1v) is 8.52. The number of Topliss-reactive ketones (excluding diaryl/α,β-unsaturated/α-hetero) is 1. The van der Waals surface area contributed by atoms with Gasteiger partial charge in [-0.25, -0.2) is 0 Å². The molecule has 0 aromatic heterocycles. The minimum atomic E-state index is -0.309. The molecular formula is C20H19NO5. The summed E-state index contributed by atoms with van der Waals surface area (Å²) in [6.45, 7) is 4.03. The van der Waals surface area contributed by atoms with Crippen LogP contribution in [0, 0.1) is 6.92 Å². The van der Waals surface area contributed by atoms with E-state index >= 15 is 0 Å². The Labute approximate surface area is 151 Å². The van der Waals surface area contributed by atoms with Crippen LogP contribution in [-0.4, -0.2) is 25.1 Å². The lowest BCUT2D eigenvalue weighted by Gasteiger charge is -2.13. The van der Waals surface area contributed by atoms with E-state index in [1.165, 1.54) is 0 Å². The van der Waals surface area contributed by atoms with Crippen molar-refractivity contribution in [3.05, 3.63) is 47.0 Å². The maximum atomic E-state index is 12.3. The van der Waals surface area contributed by atoms with Gasteiger partial charge in [-0.3, -0.25) is 9.59 Å². The van der Waals surface area contributed by atoms with Crippen LogP contribution in [0.3, 0.4) is 0 Å². The topological polar surface area (TPSA) is 73.9 Å². The predicted octanol–water partition coefficient (Wildman–Crippen LogP) is 3.43. The highest BCUT2D eigenvalue weighted by molar-refractivity contribution is 6.04. The minimum Gasteiger partial charge on any atom is -0.483 e. The molecule has 0 fully saturated rings. The number of nitrogens with one attached hydrogen (secondary N) is 1. The maximum absolute atomic E-state index is 12.3. The standard InChI is InChI=1S/C20H19NO5/c1-11-3-5-16(20-14(22)7-12(2)19(11)20)24-9-18(23)21-13-4-6-15-17(8-13)26-10-25-15/h3-6,8,12H,7,9-10H2,1-2H3,(H,21,23)/t12-/m1/s1. The molecule has 1 heterocycles. The summed E-state index contributed by atoms with van der Waals surface area (Å²) in [4.78, 5) is 24.5. The number of aryl methyl sites for hydroxylation is 1. The Morgan fingerprint density at radius 3 is 2.88 bits per heavy atom. The lowest BCUT2D eigenvalue weighted by Crippen LogP contribution is -2.20. The van der Waals surface area contributed by atoms with E-state index in [1.54, 1.807) is 24.3 Å². The van der Waals surface area contributed by atoms with Crippen LogP contribution in [0.15, 0.2) is 30.3 Å². The van der Waals surface area contributed by atoms with Gasteiger partial charge in [0.05, 0.1) is 5.56 Å². The van der Waals surface area contributed by atoms with Crippen LogP contribution in [0.1, 0.15) is 40.7 Å². The van der Waals surface area contributed by atoms with E-state index in [4.69, 9.17) is 14.2 Å². The second kappa shape index (κ2) is 6.37. The summed E-state index contributed by atoms with van der Waals surface area (Å²) in [5.41, 5.74) is 3.33. The third kappa shape index (κ3) is 2.87. The van der Waals surface area contributed by atoms with Crippen LogP contribution < -0.4 is 19.5 Å². The lowest BCUT2D eigenvalue weighted by molar-refractivity contribution is -0.118. The Bertz CT molecular complexity index is 905. The van der Waals surface area contributed by atoms with Crippen molar-refractivity contribution >= 4 is 17.4 Å². The van der Waals surface area contributed by atoms with Crippen LogP contribution in [-0.2, 0) is 4.79 Å². The molecule has 1 aliphatic carbocycles. The maximum Gasteiger partial charge on any atom is 0.262 e. The van der Waals surface area contributed by atoms with Crippen LogP contribution >= 0.6 is 0 Å². The molecule has 4 rings (SSSR count). The zero-order valence-electron chi connectivity index (χ0n) is 14.6. The van der Waals surface area contributed by atoms with Crippen molar-refractivity contribution in [2.24, 2.45) is 0 Å². The predicted molar refractivity (Wildman–Crippen MR) is 95.2 cm³/mol. The van der Waals surface area contributed by atoms with Gasteiger partial charge < -0.3 is 19.5 Å². The number of anilines is 1. The Morgan fingerprint density at radius 2 is 2.04 bits per heavy atom. The monoisotopic (exact) mass is 353 g/mol. The van der Waals surface area contributed by atoms with Gasteiger partial charge in [0.1, 0.15) is 5.75 Å². The molecule has 26 heavy (non-hydrogen) atoms. The molecule has 6 heteroatoms. The molecule has 0 spiro atoms. The first-order chi connectivity index (χ1) is 12.5. The number of fused-ring (bicyclic) bond motifs is 2. The highest BCUT2D eigenvalue weighted by Gasteiger charge is 2.31. The van der Waals surface area contributed by atoms with E-state index in [0.29, 0.717) is 34.9 Å². The Morgan fingerprint density at radius 1 is 1.23 bits per heavy atom. The molecule has 1 aliphatic heterocycles. The van der Waals surface area contributed by atoms with Crippen molar-refractivity contribution in [1.29, 1.82) is 0 Å². The normalized spacial score (nSPS) is 17.2. The number of benzene rings is 2. The number of hydrogen-bond acceptors (Lipinski definition) is 5. The van der Waals surface area contributed by atoms with Crippen LogP contribution in [0.4, 0.5) is 5.69 Å². The zero-order valence-corrected chi connectivity index (χ0v) is 14.6. The molecule has 2 aromatic carbocycles. The average Bonchev–Trinajstić information content (AvgIpc) is 3.19. The van der Waals surface area contributed by atoms with Crippen molar-refractivity contribution < 1.29 is 23.8 Å². The molecule has 1 amide bonds. The fourth-order valence-corrected chi connectivity index (χ4v) is 3.54. The summed E-state index contributed by atoms with van der Waals surface area (Å²) < 4.78 is 16.2. The molecule has 1 atom stereocenters. The van der Waals surface area contributed by atoms with E-state index in [-0.39, 0.29) is 31.0 Å². The third-order valence-corrected chi connectivity index (χ3v) is 4.70. The molecule has 6 nitrogen and oxygen atoms in total. The number of rotatable bonds is 4. The van der Waals surface area contributed by atoms with Gasteiger partial charge in [-0.2, -0.15) is 0 Å². The second-order valence-corrected chi connectivity index (χ2v) is 6.60. The summed E-state index contributed by atoms with van der Waals surface area (Å²) in [5, 5.41) is 2.76. The number of ether oxygens (including phenoxy) is 3. The molecule has 0 saturated carbocycles. The van der Waals surface area contributed by atoms with Crippen molar-refractivity contribution in [2.75, 3.05) is 18.7 Å². The van der Waals surface area contributed by atoms with E-state index in [1.807, 2.05) is 19.9 Å². The first kappa shape index (κ1) is 16.4. The van der Waals surface area contributed by atoms with Crippen molar-refractivity contribution in [1.82, 2.24) is 0 Å². The van der Waals surface area contributed by atoms with Gasteiger partial charge in [0, 0.05) is 18.2 Å².